The normalized spacial score (nSPS) is 10.5. The van der Waals surface area contributed by atoms with Crippen molar-refractivity contribution in [3.63, 3.8) is 0 Å². The summed E-state index contributed by atoms with van der Waals surface area (Å²) < 4.78 is 5.29. The molecule has 0 aliphatic heterocycles. The minimum Gasteiger partial charge on any atom is -0.378 e. The Bertz CT molecular complexity index is 283. The van der Waals surface area contributed by atoms with Crippen LogP contribution in [-0.2, 0) is 4.74 Å². The van der Waals surface area contributed by atoms with Crippen LogP contribution in [0.15, 0.2) is 24.4 Å². The van der Waals surface area contributed by atoms with Gasteiger partial charge in [0.2, 0.25) is 0 Å². The van der Waals surface area contributed by atoms with Gasteiger partial charge in [0.15, 0.2) is 5.78 Å². The van der Waals surface area contributed by atoms with Gasteiger partial charge >= 0.3 is 0 Å². The largest absolute Gasteiger partial charge is 0.378 e. The van der Waals surface area contributed by atoms with Crippen molar-refractivity contribution in [2.75, 3.05) is 6.61 Å². The summed E-state index contributed by atoms with van der Waals surface area (Å²) in [6.45, 7) is 4.36. The smallest absolute Gasteiger partial charge is 0.183 e. The number of carbonyl (C=O) groups excluding carboxylic acids is 1. The van der Waals surface area contributed by atoms with Crippen LogP contribution >= 0.6 is 0 Å². The van der Waals surface area contributed by atoms with Crippen molar-refractivity contribution in [3.8, 4) is 0 Å². The molecule has 0 atom stereocenters. The number of rotatable bonds is 5. The van der Waals surface area contributed by atoms with E-state index in [4.69, 9.17) is 4.74 Å². The predicted octanol–water partition coefficient (Wildman–Crippen LogP) is 2.08. The van der Waals surface area contributed by atoms with Crippen molar-refractivity contribution in [1.29, 1.82) is 0 Å². The second-order valence-corrected chi connectivity index (χ2v) is 3.31. The molecule has 1 aromatic heterocycles. The zero-order valence-electron chi connectivity index (χ0n) is 8.56. The minimum atomic E-state index is 0.0336. The van der Waals surface area contributed by atoms with Crippen molar-refractivity contribution >= 4 is 5.78 Å². The van der Waals surface area contributed by atoms with Crippen molar-refractivity contribution in [2.24, 2.45) is 0 Å². The van der Waals surface area contributed by atoms with Crippen molar-refractivity contribution in [1.82, 2.24) is 4.98 Å². The molecule has 0 N–H and O–H groups in total. The Kier molecular flexibility index (Phi) is 4.26. The molecule has 0 saturated carbocycles. The number of ether oxygens (including phenoxy) is 1. The zero-order chi connectivity index (χ0) is 10.4. The molecule has 76 valence electrons. The average molecular weight is 193 g/mol. The fourth-order valence-corrected chi connectivity index (χ4v) is 1.04. The summed E-state index contributed by atoms with van der Waals surface area (Å²) in [4.78, 5) is 15.5. The van der Waals surface area contributed by atoms with Gasteiger partial charge in [-0.25, -0.2) is 0 Å². The first-order chi connectivity index (χ1) is 6.70. The van der Waals surface area contributed by atoms with E-state index in [1.165, 1.54) is 0 Å². The molecule has 0 radical (unpaired) electrons. The molecule has 0 aliphatic rings. The molecule has 0 fully saturated rings. The Hall–Kier alpha value is -1.22. The molecule has 0 unspecified atom stereocenters. The highest BCUT2D eigenvalue weighted by atomic mass is 16.5. The summed E-state index contributed by atoms with van der Waals surface area (Å²) >= 11 is 0. The van der Waals surface area contributed by atoms with E-state index in [1.807, 2.05) is 19.9 Å². The number of ketones is 1. The standard InChI is InChI=1S/C11H15NO2/c1-9(2)14-8-6-11(13)10-5-3-4-7-12-10/h3-5,7,9H,6,8H2,1-2H3. The Morgan fingerprint density at radius 3 is 2.86 bits per heavy atom. The molecule has 0 aromatic carbocycles. The van der Waals surface area contributed by atoms with E-state index < -0.39 is 0 Å². The van der Waals surface area contributed by atoms with Crippen LogP contribution in [0.4, 0.5) is 0 Å². The second kappa shape index (κ2) is 5.50. The van der Waals surface area contributed by atoms with Crippen molar-refractivity contribution < 1.29 is 9.53 Å². The van der Waals surface area contributed by atoms with E-state index in [-0.39, 0.29) is 11.9 Å². The van der Waals surface area contributed by atoms with Gasteiger partial charge in [-0.2, -0.15) is 0 Å². The Balaban J connectivity index is 2.36. The predicted molar refractivity (Wildman–Crippen MR) is 54.3 cm³/mol. The van der Waals surface area contributed by atoms with Crippen molar-refractivity contribution in [2.45, 2.75) is 26.4 Å². The lowest BCUT2D eigenvalue weighted by atomic mass is 10.2. The SMILES string of the molecule is CC(C)OCCC(=O)c1ccccn1. The lowest BCUT2D eigenvalue weighted by Crippen LogP contribution is -2.09. The van der Waals surface area contributed by atoms with Gasteiger partial charge in [-0.3, -0.25) is 9.78 Å². The third-order valence-corrected chi connectivity index (χ3v) is 1.73. The van der Waals surface area contributed by atoms with Gasteiger partial charge in [-0.15, -0.1) is 0 Å². The minimum absolute atomic E-state index is 0.0336. The molecular weight excluding hydrogens is 178 g/mol. The number of aromatic nitrogens is 1. The van der Waals surface area contributed by atoms with Gasteiger partial charge in [0, 0.05) is 12.6 Å². The highest BCUT2D eigenvalue weighted by Crippen LogP contribution is 2.00. The van der Waals surface area contributed by atoms with Gasteiger partial charge < -0.3 is 4.74 Å². The summed E-state index contributed by atoms with van der Waals surface area (Å²) in [6.07, 6.45) is 2.19. The molecule has 1 heterocycles. The fraction of sp³-hybridized carbons (Fsp3) is 0.455. The Morgan fingerprint density at radius 2 is 2.29 bits per heavy atom. The van der Waals surface area contributed by atoms with Crippen molar-refractivity contribution in [3.05, 3.63) is 30.1 Å². The average Bonchev–Trinajstić information content (AvgIpc) is 2.18. The quantitative estimate of drug-likeness (QED) is 0.672. The van der Waals surface area contributed by atoms with Gasteiger partial charge in [-0.1, -0.05) is 6.07 Å². The first kappa shape index (κ1) is 10.9. The molecular formula is C11H15NO2. The van der Waals surface area contributed by atoms with Crippen LogP contribution in [-0.4, -0.2) is 23.5 Å². The molecule has 1 aromatic rings. The molecule has 3 nitrogen and oxygen atoms in total. The molecule has 0 spiro atoms. The first-order valence-corrected chi connectivity index (χ1v) is 4.76. The van der Waals surface area contributed by atoms with Crippen LogP contribution in [0.3, 0.4) is 0 Å². The maximum atomic E-state index is 11.5. The number of hydrogen-bond acceptors (Lipinski definition) is 3. The van der Waals surface area contributed by atoms with E-state index in [0.29, 0.717) is 18.7 Å². The van der Waals surface area contributed by atoms with Crippen LogP contribution in [0, 0.1) is 0 Å². The number of pyridine rings is 1. The zero-order valence-corrected chi connectivity index (χ0v) is 8.56. The molecule has 0 bridgehead atoms. The number of carbonyl (C=O) groups is 1. The highest BCUT2D eigenvalue weighted by molar-refractivity contribution is 5.94. The van der Waals surface area contributed by atoms with E-state index in [0.717, 1.165) is 0 Å². The Morgan fingerprint density at radius 1 is 1.50 bits per heavy atom. The third-order valence-electron chi connectivity index (χ3n) is 1.73. The monoisotopic (exact) mass is 193 g/mol. The molecule has 0 aliphatic carbocycles. The highest BCUT2D eigenvalue weighted by Gasteiger charge is 2.06. The molecule has 14 heavy (non-hydrogen) atoms. The van der Waals surface area contributed by atoms with E-state index in [1.54, 1.807) is 18.3 Å². The molecule has 0 amide bonds. The lowest BCUT2D eigenvalue weighted by Gasteiger charge is -2.05. The molecule has 0 saturated heterocycles. The summed E-state index contributed by atoms with van der Waals surface area (Å²) in [5.41, 5.74) is 0.514. The summed E-state index contributed by atoms with van der Waals surface area (Å²) in [5, 5.41) is 0. The maximum absolute atomic E-state index is 11.5. The summed E-state index contributed by atoms with van der Waals surface area (Å²) in [7, 11) is 0. The van der Waals surface area contributed by atoms with Crippen LogP contribution in [0.1, 0.15) is 30.8 Å². The molecule has 3 heteroatoms. The van der Waals surface area contributed by atoms with Crippen LogP contribution in [0.5, 0.6) is 0 Å². The number of hydrogen-bond donors (Lipinski definition) is 0. The lowest BCUT2D eigenvalue weighted by molar-refractivity contribution is 0.0675. The summed E-state index contributed by atoms with van der Waals surface area (Å²) in [6, 6.07) is 5.32. The maximum Gasteiger partial charge on any atom is 0.183 e. The van der Waals surface area contributed by atoms with E-state index in [9.17, 15) is 4.79 Å². The molecule has 1 rings (SSSR count). The number of nitrogens with zero attached hydrogens (tertiary/aromatic N) is 1. The van der Waals surface area contributed by atoms with E-state index >= 15 is 0 Å². The topological polar surface area (TPSA) is 39.2 Å². The van der Waals surface area contributed by atoms with Gasteiger partial charge in [-0.05, 0) is 26.0 Å². The van der Waals surface area contributed by atoms with Crippen LogP contribution < -0.4 is 0 Å². The fourth-order valence-electron chi connectivity index (χ4n) is 1.04. The van der Waals surface area contributed by atoms with E-state index in [2.05, 4.69) is 4.98 Å². The van der Waals surface area contributed by atoms with Gasteiger partial charge in [0.25, 0.3) is 0 Å². The summed E-state index contributed by atoms with van der Waals surface area (Å²) in [5.74, 6) is 0.0336. The second-order valence-electron chi connectivity index (χ2n) is 3.31. The third kappa shape index (κ3) is 3.66. The first-order valence-electron chi connectivity index (χ1n) is 4.76. The number of Topliss-reactive ketones (excluding diaryl/α,β-unsaturated/α-hetero) is 1. The van der Waals surface area contributed by atoms with Gasteiger partial charge in [0.1, 0.15) is 5.69 Å². The van der Waals surface area contributed by atoms with Crippen LogP contribution in [0.2, 0.25) is 0 Å². The van der Waals surface area contributed by atoms with Crippen LogP contribution in [0.25, 0.3) is 0 Å². The Labute approximate surface area is 84.1 Å². The van der Waals surface area contributed by atoms with Gasteiger partial charge in [0.05, 0.1) is 12.7 Å².